The molecule has 28 heavy (non-hydrogen) atoms. The molecule has 0 aliphatic heterocycles. The van der Waals surface area contributed by atoms with Crippen molar-refractivity contribution in [3.63, 3.8) is 0 Å². The van der Waals surface area contributed by atoms with E-state index in [9.17, 15) is 0 Å². The summed E-state index contributed by atoms with van der Waals surface area (Å²) < 4.78 is 0. The summed E-state index contributed by atoms with van der Waals surface area (Å²) in [6, 6.07) is 27.0. The van der Waals surface area contributed by atoms with E-state index < -0.39 is 0 Å². The van der Waals surface area contributed by atoms with Crippen LogP contribution in [0.3, 0.4) is 0 Å². The minimum atomic E-state index is 0.816. The summed E-state index contributed by atoms with van der Waals surface area (Å²) in [5, 5.41) is 5.31. The molecule has 0 atom stereocenters. The van der Waals surface area contributed by atoms with Crippen LogP contribution in [0.5, 0.6) is 0 Å². The maximum atomic E-state index is 2.53. The molecule has 6 rings (SSSR count). The molecule has 0 heterocycles. The highest BCUT2D eigenvalue weighted by Gasteiger charge is 2.25. The Labute approximate surface area is 166 Å². The van der Waals surface area contributed by atoms with Crippen molar-refractivity contribution in [2.24, 2.45) is 5.92 Å². The van der Waals surface area contributed by atoms with Gasteiger partial charge in [-0.25, -0.2) is 0 Å². The average molecular weight is 361 g/mol. The third-order valence-electron chi connectivity index (χ3n) is 6.84. The lowest BCUT2D eigenvalue weighted by atomic mass is 9.92. The van der Waals surface area contributed by atoms with E-state index in [2.05, 4.69) is 78.9 Å². The fourth-order valence-electron chi connectivity index (χ4n) is 5.39. The summed E-state index contributed by atoms with van der Waals surface area (Å²) in [6.07, 6.45) is 9.26. The Hall–Kier alpha value is -2.86. The van der Waals surface area contributed by atoms with Crippen molar-refractivity contribution in [2.45, 2.75) is 32.1 Å². The highest BCUT2D eigenvalue weighted by Crippen LogP contribution is 2.42. The number of fused-ring (bicyclic) bond motifs is 3. The second-order valence-electron chi connectivity index (χ2n) is 8.48. The fourth-order valence-corrected chi connectivity index (χ4v) is 5.39. The molecule has 0 nitrogen and oxygen atoms in total. The van der Waals surface area contributed by atoms with Crippen LogP contribution in [0, 0.1) is 5.92 Å². The van der Waals surface area contributed by atoms with Crippen molar-refractivity contribution in [1.29, 1.82) is 0 Å². The van der Waals surface area contributed by atoms with E-state index in [1.54, 1.807) is 5.57 Å². The Morgan fingerprint density at radius 1 is 0.643 bits per heavy atom. The van der Waals surface area contributed by atoms with Crippen LogP contribution in [0.1, 0.15) is 36.8 Å². The van der Waals surface area contributed by atoms with Gasteiger partial charge in [-0.15, -0.1) is 0 Å². The van der Waals surface area contributed by atoms with Crippen molar-refractivity contribution in [3.8, 4) is 11.1 Å². The standard InChI is InChI=1S/C28H24/c1-2-8-19(7-1)24-16-23-12-6-14-26(28(23)18-24)25-13-5-11-22-15-20-9-3-4-10-21(20)17-27(22)25/h3-6,9-15,17-19H,1-2,7-8,16H2. The first kappa shape index (κ1) is 16.1. The van der Waals surface area contributed by atoms with Gasteiger partial charge in [0, 0.05) is 0 Å². The zero-order chi connectivity index (χ0) is 18.5. The predicted octanol–water partition coefficient (Wildman–Crippen LogP) is 7.79. The first-order chi connectivity index (χ1) is 13.9. The van der Waals surface area contributed by atoms with Gasteiger partial charge in [0.2, 0.25) is 0 Å². The Bertz CT molecular complexity index is 1240. The molecule has 0 saturated heterocycles. The first-order valence-corrected chi connectivity index (χ1v) is 10.6. The molecule has 0 spiro atoms. The van der Waals surface area contributed by atoms with Gasteiger partial charge in [-0.05, 0) is 81.1 Å². The van der Waals surface area contributed by atoms with Crippen LogP contribution in [0.2, 0.25) is 0 Å². The molecule has 0 N–H and O–H groups in total. The second kappa shape index (κ2) is 6.34. The van der Waals surface area contributed by atoms with Crippen LogP contribution >= 0.6 is 0 Å². The van der Waals surface area contributed by atoms with E-state index in [4.69, 9.17) is 0 Å². The molecule has 1 saturated carbocycles. The summed E-state index contributed by atoms with van der Waals surface area (Å²) >= 11 is 0. The Morgan fingerprint density at radius 3 is 2.21 bits per heavy atom. The maximum absolute atomic E-state index is 2.53. The molecule has 1 fully saturated rings. The lowest BCUT2D eigenvalue weighted by Crippen LogP contribution is -1.97. The summed E-state index contributed by atoms with van der Waals surface area (Å²) in [5.41, 5.74) is 7.41. The van der Waals surface area contributed by atoms with Crippen molar-refractivity contribution >= 4 is 27.6 Å². The molecule has 136 valence electrons. The molecule has 0 heteroatoms. The number of allylic oxidation sites excluding steroid dienone is 1. The molecule has 4 aromatic carbocycles. The van der Waals surface area contributed by atoms with Gasteiger partial charge in [-0.3, -0.25) is 0 Å². The monoisotopic (exact) mass is 360 g/mol. The topological polar surface area (TPSA) is 0 Å². The first-order valence-electron chi connectivity index (χ1n) is 10.6. The van der Waals surface area contributed by atoms with E-state index in [1.807, 2.05) is 0 Å². The maximum Gasteiger partial charge on any atom is -0.00548 e. The summed E-state index contributed by atoms with van der Waals surface area (Å²) in [4.78, 5) is 0. The van der Waals surface area contributed by atoms with E-state index in [-0.39, 0.29) is 0 Å². The van der Waals surface area contributed by atoms with Gasteiger partial charge in [0.15, 0.2) is 0 Å². The molecule has 0 radical (unpaired) electrons. The lowest BCUT2D eigenvalue weighted by Gasteiger charge is -2.12. The van der Waals surface area contributed by atoms with Gasteiger partial charge < -0.3 is 0 Å². The molecule has 0 bridgehead atoms. The lowest BCUT2D eigenvalue weighted by molar-refractivity contribution is 0.634. The summed E-state index contributed by atoms with van der Waals surface area (Å²) in [7, 11) is 0. The second-order valence-corrected chi connectivity index (χ2v) is 8.48. The zero-order valence-electron chi connectivity index (χ0n) is 16.1. The molecule has 2 aliphatic carbocycles. The number of hydrogen-bond donors (Lipinski definition) is 0. The van der Waals surface area contributed by atoms with Crippen molar-refractivity contribution in [3.05, 3.63) is 89.5 Å². The molecule has 0 amide bonds. The fraction of sp³-hybridized carbons (Fsp3) is 0.214. The molecular weight excluding hydrogens is 336 g/mol. The van der Waals surface area contributed by atoms with Crippen molar-refractivity contribution in [2.75, 3.05) is 0 Å². The SMILES string of the molecule is C1=C(C2CCCC2)Cc2cccc(-c3cccc4cc5ccccc5cc34)c21. The molecular formula is C28H24. The average Bonchev–Trinajstić information content (AvgIpc) is 3.41. The van der Waals surface area contributed by atoms with Gasteiger partial charge in [-0.2, -0.15) is 0 Å². The van der Waals surface area contributed by atoms with Crippen LogP contribution in [0.15, 0.2) is 78.4 Å². The van der Waals surface area contributed by atoms with Crippen molar-refractivity contribution < 1.29 is 0 Å². The minimum Gasteiger partial charge on any atom is -0.0621 e. The van der Waals surface area contributed by atoms with Crippen LogP contribution in [-0.4, -0.2) is 0 Å². The Balaban J connectivity index is 1.55. The Kier molecular flexibility index (Phi) is 3.65. The van der Waals surface area contributed by atoms with Crippen LogP contribution < -0.4 is 0 Å². The van der Waals surface area contributed by atoms with Gasteiger partial charge in [-0.1, -0.05) is 85.2 Å². The number of rotatable bonds is 2. The van der Waals surface area contributed by atoms with Gasteiger partial charge >= 0.3 is 0 Å². The molecule has 0 unspecified atom stereocenters. The number of benzene rings is 4. The van der Waals surface area contributed by atoms with E-state index in [1.165, 1.54) is 69.5 Å². The molecule has 0 aromatic heterocycles. The normalized spacial score (nSPS) is 16.6. The van der Waals surface area contributed by atoms with Crippen LogP contribution in [-0.2, 0) is 6.42 Å². The van der Waals surface area contributed by atoms with Crippen LogP contribution in [0.25, 0.3) is 38.7 Å². The van der Waals surface area contributed by atoms with Gasteiger partial charge in [0.25, 0.3) is 0 Å². The van der Waals surface area contributed by atoms with Crippen molar-refractivity contribution in [1.82, 2.24) is 0 Å². The molecule has 4 aromatic rings. The quantitative estimate of drug-likeness (QED) is 0.320. The third-order valence-corrected chi connectivity index (χ3v) is 6.84. The summed E-state index contributed by atoms with van der Waals surface area (Å²) in [6.45, 7) is 0. The largest absolute Gasteiger partial charge is 0.0621 e. The highest BCUT2D eigenvalue weighted by molar-refractivity contribution is 6.06. The van der Waals surface area contributed by atoms with E-state index in [0.717, 1.165) is 12.3 Å². The Morgan fingerprint density at radius 2 is 1.36 bits per heavy atom. The van der Waals surface area contributed by atoms with Crippen LogP contribution in [0.4, 0.5) is 0 Å². The zero-order valence-corrected chi connectivity index (χ0v) is 16.1. The summed E-state index contributed by atoms with van der Waals surface area (Å²) in [5.74, 6) is 0.816. The molecule has 2 aliphatic rings. The van der Waals surface area contributed by atoms with E-state index >= 15 is 0 Å². The van der Waals surface area contributed by atoms with Gasteiger partial charge in [0.05, 0.1) is 0 Å². The van der Waals surface area contributed by atoms with E-state index in [0.29, 0.717) is 0 Å². The van der Waals surface area contributed by atoms with Gasteiger partial charge in [0.1, 0.15) is 0 Å². The smallest absolute Gasteiger partial charge is 0.00548 e. The third kappa shape index (κ3) is 2.52. The predicted molar refractivity (Wildman–Crippen MR) is 121 cm³/mol. The minimum absolute atomic E-state index is 0.816. The highest BCUT2D eigenvalue weighted by atomic mass is 14.3. The number of hydrogen-bond acceptors (Lipinski definition) is 0.